The highest BCUT2D eigenvalue weighted by atomic mass is 32.1. The van der Waals surface area contributed by atoms with Crippen LogP contribution in [0.2, 0.25) is 0 Å². The third-order valence-corrected chi connectivity index (χ3v) is 5.35. The standard InChI is InChI=1S/C17H17N7S/c1-2-7-24(6-1)10-13-15-14(25-23-13)8-11(9-19-15)20-17-16-12(21-22-17)4-3-5-18-16/h3-5,8-9H,1-2,6-7,10H2,(H2,20,21,22). The molecule has 1 aliphatic rings. The third-order valence-electron chi connectivity index (χ3n) is 4.54. The second kappa shape index (κ2) is 6.05. The van der Waals surface area contributed by atoms with Crippen LogP contribution in [0.4, 0.5) is 11.5 Å². The lowest BCUT2D eigenvalue weighted by Gasteiger charge is -2.12. The van der Waals surface area contributed by atoms with Crippen molar-refractivity contribution in [1.29, 1.82) is 0 Å². The number of rotatable bonds is 4. The Morgan fingerprint density at radius 2 is 2.12 bits per heavy atom. The monoisotopic (exact) mass is 351 g/mol. The number of pyridine rings is 2. The first-order valence-corrected chi connectivity index (χ1v) is 9.17. The molecule has 0 aromatic carbocycles. The summed E-state index contributed by atoms with van der Waals surface area (Å²) in [4.78, 5) is 11.5. The van der Waals surface area contributed by atoms with Crippen LogP contribution >= 0.6 is 11.5 Å². The van der Waals surface area contributed by atoms with E-state index < -0.39 is 0 Å². The van der Waals surface area contributed by atoms with Gasteiger partial charge in [-0.25, -0.2) is 0 Å². The minimum atomic E-state index is 0.707. The summed E-state index contributed by atoms with van der Waals surface area (Å²) in [6.45, 7) is 3.23. The second-order valence-corrected chi connectivity index (χ2v) is 7.09. The molecule has 0 spiro atoms. The van der Waals surface area contributed by atoms with Crippen molar-refractivity contribution < 1.29 is 0 Å². The van der Waals surface area contributed by atoms with Gasteiger partial charge in [0.25, 0.3) is 0 Å². The van der Waals surface area contributed by atoms with Crippen LogP contribution in [-0.2, 0) is 6.54 Å². The average molecular weight is 351 g/mol. The highest BCUT2D eigenvalue weighted by molar-refractivity contribution is 7.13. The minimum absolute atomic E-state index is 0.707. The number of likely N-dealkylation sites (tertiary alicyclic amines) is 1. The Balaban J connectivity index is 1.43. The van der Waals surface area contributed by atoms with Gasteiger partial charge in [-0.05, 0) is 55.7 Å². The molecule has 5 rings (SSSR count). The van der Waals surface area contributed by atoms with E-state index in [4.69, 9.17) is 0 Å². The summed E-state index contributed by atoms with van der Waals surface area (Å²) in [5.41, 5.74) is 4.71. The Morgan fingerprint density at radius 3 is 3.04 bits per heavy atom. The normalized spacial score (nSPS) is 15.4. The molecule has 0 unspecified atom stereocenters. The van der Waals surface area contributed by atoms with E-state index in [1.165, 1.54) is 24.4 Å². The van der Waals surface area contributed by atoms with Gasteiger partial charge in [0.05, 0.1) is 27.8 Å². The fourth-order valence-electron chi connectivity index (χ4n) is 3.28. The molecule has 0 amide bonds. The van der Waals surface area contributed by atoms with E-state index in [1.807, 2.05) is 18.3 Å². The number of nitrogens with one attached hydrogen (secondary N) is 2. The lowest BCUT2D eigenvalue weighted by atomic mass is 10.3. The van der Waals surface area contributed by atoms with Crippen LogP contribution in [0, 0.1) is 0 Å². The molecule has 2 N–H and O–H groups in total. The molecular weight excluding hydrogens is 334 g/mol. The van der Waals surface area contributed by atoms with E-state index >= 15 is 0 Å². The SMILES string of the molecule is c1cnc2c(Nc3cnc4c(CN5CCCC5)nsc4c3)n[nH]c2c1. The number of aromatic amines is 1. The Kier molecular flexibility index (Phi) is 3.57. The maximum atomic E-state index is 4.64. The summed E-state index contributed by atoms with van der Waals surface area (Å²) >= 11 is 1.50. The van der Waals surface area contributed by atoms with Gasteiger partial charge in [-0.1, -0.05) is 0 Å². The summed E-state index contributed by atoms with van der Waals surface area (Å²) in [6.07, 6.45) is 6.18. The molecule has 126 valence electrons. The van der Waals surface area contributed by atoms with Crippen molar-refractivity contribution in [3.8, 4) is 0 Å². The molecule has 0 radical (unpaired) electrons. The van der Waals surface area contributed by atoms with E-state index in [1.54, 1.807) is 6.20 Å². The van der Waals surface area contributed by atoms with E-state index in [2.05, 4.69) is 40.8 Å². The molecule has 25 heavy (non-hydrogen) atoms. The predicted octanol–water partition coefficient (Wildman–Crippen LogP) is 3.30. The van der Waals surface area contributed by atoms with E-state index in [9.17, 15) is 0 Å². The number of H-pyrrole nitrogens is 1. The van der Waals surface area contributed by atoms with Crippen LogP contribution in [0.1, 0.15) is 18.5 Å². The van der Waals surface area contributed by atoms with Gasteiger partial charge in [-0.3, -0.25) is 20.0 Å². The fourth-order valence-corrected chi connectivity index (χ4v) is 4.07. The summed E-state index contributed by atoms with van der Waals surface area (Å²) in [5.74, 6) is 0.707. The minimum Gasteiger partial charge on any atom is -0.336 e. The molecule has 1 aliphatic heterocycles. The van der Waals surface area contributed by atoms with Gasteiger partial charge < -0.3 is 5.32 Å². The summed E-state index contributed by atoms with van der Waals surface area (Å²) in [5, 5.41) is 10.6. The first kappa shape index (κ1) is 14.7. The van der Waals surface area contributed by atoms with Crippen molar-refractivity contribution in [1.82, 2.24) is 29.4 Å². The smallest absolute Gasteiger partial charge is 0.178 e. The maximum absolute atomic E-state index is 4.64. The van der Waals surface area contributed by atoms with Crippen molar-refractivity contribution in [2.45, 2.75) is 19.4 Å². The third kappa shape index (κ3) is 2.73. The molecule has 0 saturated carbocycles. The van der Waals surface area contributed by atoms with Gasteiger partial charge in [0.15, 0.2) is 5.82 Å². The molecule has 5 heterocycles. The molecule has 7 nitrogen and oxygen atoms in total. The largest absolute Gasteiger partial charge is 0.336 e. The van der Waals surface area contributed by atoms with Crippen molar-refractivity contribution in [2.24, 2.45) is 0 Å². The number of anilines is 2. The summed E-state index contributed by atoms with van der Waals surface area (Å²) in [6, 6.07) is 5.92. The van der Waals surface area contributed by atoms with E-state index in [0.717, 1.165) is 52.3 Å². The fraction of sp³-hybridized carbons (Fsp3) is 0.294. The predicted molar refractivity (Wildman–Crippen MR) is 99.1 cm³/mol. The molecule has 1 saturated heterocycles. The lowest BCUT2D eigenvalue weighted by Crippen LogP contribution is -2.18. The zero-order chi connectivity index (χ0) is 16.6. The van der Waals surface area contributed by atoms with Gasteiger partial charge in [0.1, 0.15) is 11.0 Å². The topological polar surface area (TPSA) is 82.6 Å². The second-order valence-electron chi connectivity index (χ2n) is 6.28. The Morgan fingerprint density at radius 1 is 1.20 bits per heavy atom. The molecule has 8 heteroatoms. The van der Waals surface area contributed by atoms with Gasteiger partial charge in [0.2, 0.25) is 0 Å². The number of nitrogens with zero attached hydrogens (tertiary/aromatic N) is 5. The Bertz CT molecular complexity index is 1030. The maximum Gasteiger partial charge on any atom is 0.178 e. The molecule has 0 aliphatic carbocycles. The lowest BCUT2D eigenvalue weighted by molar-refractivity contribution is 0.329. The van der Waals surface area contributed by atoms with Crippen LogP contribution in [0.3, 0.4) is 0 Å². The van der Waals surface area contributed by atoms with Crippen molar-refractivity contribution >= 4 is 44.3 Å². The average Bonchev–Trinajstić information content (AvgIpc) is 3.37. The highest BCUT2D eigenvalue weighted by Gasteiger charge is 2.16. The molecule has 0 bridgehead atoms. The number of hydrogen-bond donors (Lipinski definition) is 2. The molecular formula is C17H17N7S. The highest BCUT2D eigenvalue weighted by Crippen LogP contribution is 2.28. The Labute approximate surface area is 148 Å². The van der Waals surface area contributed by atoms with Crippen LogP contribution < -0.4 is 5.32 Å². The molecule has 1 fully saturated rings. The van der Waals surface area contributed by atoms with E-state index in [0.29, 0.717) is 5.82 Å². The first-order valence-electron chi connectivity index (χ1n) is 8.39. The van der Waals surface area contributed by atoms with E-state index in [-0.39, 0.29) is 0 Å². The number of aromatic nitrogens is 5. The number of fused-ring (bicyclic) bond motifs is 2. The first-order chi connectivity index (χ1) is 12.4. The van der Waals surface area contributed by atoms with Crippen molar-refractivity contribution in [2.75, 3.05) is 18.4 Å². The quantitative estimate of drug-likeness (QED) is 0.587. The molecule has 0 atom stereocenters. The van der Waals surface area contributed by atoms with Crippen LogP contribution in [0.25, 0.3) is 21.3 Å². The van der Waals surface area contributed by atoms with Crippen molar-refractivity contribution in [3.05, 3.63) is 36.3 Å². The molecule has 4 aromatic rings. The number of hydrogen-bond acceptors (Lipinski definition) is 7. The van der Waals surface area contributed by atoms with Crippen LogP contribution in [0.15, 0.2) is 30.6 Å². The van der Waals surface area contributed by atoms with Crippen LogP contribution in [0.5, 0.6) is 0 Å². The zero-order valence-corrected chi connectivity index (χ0v) is 14.4. The zero-order valence-electron chi connectivity index (χ0n) is 13.6. The summed E-state index contributed by atoms with van der Waals surface area (Å²) < 4.78 is 5.71. The van der Waals surface area contributed by atoms with Crippen molar-refractivity contribution in [3.63, 3.8) is 0 Å². The van der Waals surface area contributed by atoms with Gasteiger partial charge in [0, 0.05) is 12.7 Å². The summed E-state index contributed by atoms with van der Waals surface area (Å²) in [7, 11) is 0. The Hall–Kier alpha value is -2.58. The van der Waals surface area contributed by atoms with Gasteiger partial charge in [-0.15, -0.1) is 0 Å². The molecule has 4 aromatic heterocycles. The van der Waals surface area contributed by atoms with Gasteiger partial charge >= 0.3 is 0 Å². The van der Waals surface area contributed by atoms with Crippen LogP contribution in [-0.4, -0.2) is 42.5 Å². The van der Waals surface area contributed by atoms with Gasteiger partial charge in [-0.2, -0.15) is 9.47 Å².